The van der Waals surface area contributed by atoms with E-state index in [1.807, 2.05) is 0 Å². The number of unbranched alkanes of at least 4 members (excludes halogenated alkanes) is 13. The number of phosphoric ester groups is 1. The third kappa shape index (κ3) is 54.4. The molecule has 0 bridgehead atoms. The molecule has 430 valence electrons. The number of carbonyl (C=O) groups excluding carboxylic acids is 3. The summed E-state index contributed by atoms with van der Waals surface area (Å²) >= 11 is 0. The van der Waals surface area contributed by atoms with Gasteiger partial charge in [-0.3, -0.25) is 23.4 Å². The van der Waals surface area contributed by atoms with Gasteiger partial charge < -0.3 is 24.2 Å². The van der Waals surface area contributed by atoms with Gasteiger partial charge in [0.2, 0.25) is 0 Å². The van der Waals surface area contributed by atoms with E-state index in [0.717, 1.165) is 154 Å². The van der Waals surface area contributed by atoms with Crippen molar-refractivity contribution in [2.24, 2.45) is 0 Å². The fourth-order valence-corrected chi connectivity index (χ4v) is 7.96. The largest absolute Gasteiger partial charge is 0.472 e. The van der Waals surface area contributed by atoms with Crippen molar-refractivity contribution in [2.45, 2.75) is 226 Å². The quantitative estimate of drug-likeness (QED) is 0.0197. The first-order valence-corrected chi connectivity index (χ1v) is 30.6. The first-order valence-electron chi connectivity index (χ1n) is 29.1. The number of aliphatic hydroxyl groups is 1. The lowest BCUT2D eigenvalue weighted by Crippen LogP contribution is -2.30. The van der Waals surface area contributed by atoms with E-state index in [0.29, 0.717) is 19.3 Å². The summed E-state index contributed by atoms with van der Waals surface area (Å²) < 4.78 is 39.5. The Bertz CT molecular complexity index is 1780. The van der Waals surface area contributed by atoms with Crippen molar-refractivity contribution in [1.82, 2.24) is 0 Å². The van der Waals surface area contributed by atoms with Gasteiger partial charge in [0.05, 0.1) is 19.8 Å². The number of hydrogen-bond donors (Lipinski definition) is 2. The maximum atomic E-state index is 12.9. The molecule has 12 heteroatoms. The maximum absolute atomic E-state index is 12.9. The SMILES string of the molecule is CC/C=C\C/C=C\C/C=C\C/C=C\C/C=C\CCCCCC(=O)OC(COC(=O)CCCCCCC/C=C\C/C=C\CCC)COP(=O)(O)OCC(CO)OC(=O)CCCCCC/C=C\C/C=C\C/C=C\C/C=C\CC. The van der Waals surface area contributed by atoms with Crippen molar-refractivity contribution in [2.75, 3.05) is 26.4 Å². The molecule has 0 rings (SSSR count). The third-order valence-corrected chi connectivity index (χ3v) is 12.5. The molecule has 0 aliphatic heterocycles. The zero-order chi connectivity index (χ0) is 55.5. The second-order valence-corrected chi connectivity index (χ2v) is 20.1. The molecule has 0 aromatic heterocycles. The molecular weight excluding hydrogens is 976 g/mol. The number of aliphatic hydroxyl groups excluding tert-OH is 1. The Morgan fingerprint density at radius 3 is 1.07 bits per heavy atom. The summed E-state index contributed by atoms with van der Waals surface area (Å²) in [5, 5.41) is 9.82. The van der Waals surface area contributed by atoms with Crippen LogP contribution in [0.2, 0.25) is 0 Å². The lowest BCUT2D eigenvalue weighted by atomic mass is 10.1. The number of rotatable bonds is 52. The first kappa shape index (κ1) is 71.6. The molecule has 0 heterocycles. The van der Waals surface area contributed by atoms with Crippen molar-refractivity contribution < 1.29 is 52.2 Å². The summed E-state index contributed by atoms with van der Waals surface area (Å²) in [4.78, 5) is 48.6. The van der Waals surface area contributed by atoms with E-state index in [2.05, 4.69) is 154 Å². The van der Waals surface area contributed by atoms with Crippen LogP contribution in [0.15, 0.2) is 134 Å². The highest BCUT2D eigenvalue weighted by atomic mass is 31.2. The van der Waals surface area contributed by atoms with Crippen LogP contribution in [0.1, 0.15) is 213 Å². The maximum Gasteiger partial charge on any atom is 0.472 e. The monoisotopic (exact) mass is 1080 g/mol. The van der Waals surface area contributed by atoms with Crippen molar-refractivity contribution in [3.63, 3.8) is 0 Å². The average Bonchev–Trinajstić information content (AvgIpc) is 3.41. The first-order chi connectivity index (χ1) is 37.2. The number of esters is 3. The Kier molecular flexibility index (Phi) is 53.5. The molecular formula is C64H103O11P. The molecule has 2 N–H and O–H groups in total. The Balaban J connectivity index is 4.82. The van der Waals surface area contributed by atoms with E-state index in [1.54, 1.807) is 0 Å². The summed E-state index contributed by atoms with van der Waals surface area (Å²) in [5.74, 6) is -1.56. The van der Waals surface area contributed by atoms with Crippen molar-refractivity contribution in [3.05, 3.63) is 134 Å². The summed E-state index contributed by atoms with van der Waals surface area (Å²) in [6.45, 7) is 4.25. The molecule has 11 nitrogen and oxygen atoms in total. The van der Waals surface area contributed by atoms with Crippen LogP contribution in [0, 0.1) is 0 Å². The van der Waals surface area contributed by atoms with Crippen LogP contribution in [0.4, 0.5) is 0 Å². The zero-order valence-corrected chi connectivity index (χ0v) is 48.3. The molecule has 0 radical (unpaired) electrons. The smallest absolute Gasteiger partial charge is 0.462 e. The number of phosphoric acid groups is 1. The van der Waals surface area contributed by atoms with Crippen LogP contribution in [0.25, 0.3) is 0 Å². The van der Waals surface area contributed by atoms with E-state index in [4.69, 9.17) is 23.3 Å². The van der Waals surface area contributed by atoms with Crippen LogP contribution in [0.5, 0.6) is 0 Å². The molecule has 3 unspecified atom stereocenters. The molecule has 0 saturated carbocycles. The minimum absolute atomic E-state index is 0.116. The van der Waals surface area contributed by atoms with Gasteiger partial charge >= 0.3 is 25.7 Å². The van der Waals surface area contributed by atoms with Crippen LogP contribution in [0.3, 0.4) is 0 Å². The summed E-state index contributed by atoms with van der Waals surface area (Å²) in [6.07, 6.45) is 71.2. The molecule has 0 aromatic carbocycles. The highest BCUT2D eigenvalue weighted by Gasteiger charge is 2.28. The van der Waals surface area contributed by atoms with Crippen LogP contribution >= 0.6 is 7.82 Å². The van der Waals surface area contributed by atoms with E-state index in [-0.39, 0.29) is 25.9 Å². The molecule has 0 aliphatic rings. The van der Waals surface area contributed by atoms with Gasteiger partial charge in [0, 0.05) is 19.3 Å². The fraction of sp³-hybridized carbons (Fsp3) is 0.609. The number of hydrogen-bond acceptors (Lipinski definition) is 10. The van der Waals surface area contributed by atoms with E-state index < -0.39 is 57.8 Å². The fourth-order valence-electron chi connectivity index (χ4n) is 7.17. The Hall–Kier alpha value is -4.38. The Morgan fingerprint density at radius 2 is 0.684 bits per heavy atom. The topological polar surface area (TPSA) is 155 Å². The summed E-state index contributed by atoms with van der Waals surface area (Å²) in [7, 11) is -4.78. The molecule has 0 fully saturated rings. The molecule has 76 heavy (non-hydrogen) atoms. The number of carbonyl (C=O) groups is 3. The normalized spacial score (nSPS) is 14.3. The molecule has 0 spiro atoms. The van der Waals surface area contributed by atoms with Gasteiger partial charge in [-0.1, -0.05) is 199 Å². The van der Waals surface area contributed by atoms with Crippen LogP contribution in [-0.4, -0.2) is 66.5 Å². The van der Waals surface area contributed by atoms with Crippen LogP contribution in [-0.2, 0) is 42.2 Å². The Morgan fingerprint density at radius 1 is 0.382 bits per heavy atom. The molecule has 3 atom stereocenters. The van der Waals surface area contributed by atoms with Gasteiger partial charge in [-0.15, -0.1) is 0 Å². The van der Waals surface area contributed by atoms with E-state index in [1.165, 1.54) is 0 Å². The Labute approximate surface area is 461 Å². The highest BCUT2D eigenvalue weighted by molar-refractivity contribution is 7.47. The lowest BCUT2D eigenvalue weighted by Gasteiger charge is -2.21. The van der Waals surface area contributed by atoms with Gasteiger partial charge in [-0.2, -0.15) is 0 Å². The zero-order valence-electron chi connectivity index (χ0n) is 47.4. The van der Waals surface area contributed by atoms with Crippen molar-refractivity contribution in [3.8, 4) is 0 Å². The second kappa shape index (κ2) is 56.8. The predicted octanol–water partition coefficient (Wildman–Crippen LogP) is 17.4. The second-order valence-electron chi connectivity index (χ2n) is 18.7. The van der Waals surface area contributed by atoms with Gasteiger partial charge in [0.1, 0.15) is 12.7 Å². The lowest BCUT2D eigenvalue weighted by molar-refractivity contribution is -0.161. The minimum Gasteiger partial charge on any atom is -0.462 e. The molecule has 0 aliphatic carbocycles. The highest BCUT2D eigenvalue weighted by Crippen LogP contribution is 2.43. The average molecular weight is 1080 g/mol. The molecule has 0 aromatic rings. The minimum atomic E-state index is -4.78. The molecule has 0 amide bonds. The van der Waals surface area contributed by atoms with Crippen LogP contribution < -0.4 is 0 Å². The van der Waals surface area contributed by atoms with Gasteiger partial charge in [-0.05, 0) is 128 Å². The summed E-state index contributed by atoms with van der Waals surface area (Å²) in [5.41, 5.74) is 0. The van der Waals surface area contributed by atoms with Gasteiger partial charge in [0.25, 0.3) is 0 Å². The summed E-state index contributed by atoms with van der Waals surface area (Å²) in [6, 6.07) is 0. The molecule has 0 saturated heterocycles. The van der Waals surface area contributed by atoms with Gasteiger partial charge in [-0.25, -0.2) is 4.57 Å². The van der Waals surface area contributed by atoms with E-state index in [9.17, 15) is 28.9 Å². The standard InChI is InChI=1S/C64H103O11P/c1-4-7-10-13-16-19-22-25-27-29-30-32-34-37-40-43-46-49-52-55-64(68)75-61(57-71-62(66)53-50-47-44-41-38-35-24-21-18-15-12-9-6-3)59-73-76(69,70)72-58-60(56-65)74-63(67)54-51-48-45-42-39-36-33-31-28-26-23-20-17-14-11-8-5-2/h7-8,10-12,15-17,19-21,24-28,30,32-33,36-37,40,60-61,65H,4-6,9,13-14,18,22-23,29,31,34-35,38-39,41-59H2,1-3H3,(H,69,70)/b10-7-,11-8-,15-12-,19-16-,20-17-,24-21-,27-25-,28-26-,32-30-,36-33-,40-37-. The predicted molar refractivity (Wildman–Crippen MR) is 316 cm³/mol. The van der Waals surface area contributed by atoms with Crippen molar-refractivity contribution in [1.29, 1.82) is 0 Å². The van der Waals surface area contributed by atoms with Crippen molar-refractivity contribution >= 4 is 25.7 Å². The number of allylic oxidation sites excluding steroid dienone is 22. The third-order valence-electron chi connectivity index (χ3n) is 11.5. The van der Waals surface area contributed by atoms with Gasteiger partial charge in [0.15, 0.2) is 6.10 Å². The number of ether oxygens (including phenoxy) is 3. The van der Waals surface area contributed by atoms with E-state index >= 15 is 0 Å².